The Morgan fingerprint density at radius 1 is 1.33 bits per heavy atom. The summed E-state index contributed by atoms with van der Waals surface area (Å²) in [6.45, 7) is -1.48. The molecule has 1 aromatic rings. The fourth-order valence-corrected chi connectivity index (χ4v) is 1.93. The predicted octanol–water partition coefficient (Wildman–Crippen LogP) is 1.16. The van der Waals surface area contributed by atoms with Gasteiger partial charge in [0.2, 0.25) is 5.91 Å². The van der Waals surface area contributed by atoms with Crippen molar-refractivity contribution in [2.75, 3.05) is 13.6 Å². The van der Waals surface area contributed by atoms with Gasteiger partial charge in [-0.15, -0.1) is 0 Å². The van der Waals surface area contributed by atoms with Crippen molar-refractivity contribution in [3.63, 3.8) is 0 Å². The van der Waals surface area contributed by atoms with Gasteiger partial charge in [0.25, 0.3) is 5.91 Å². The minimum Gasteiger partial charge on any atom is -0.346 e. The molecule has 112 valence electrons. The molecule has 1 aromatic carbocycles. The molecule has 1 heterocycles. The summed E-state index contributed by atoms with van der Waals surface area (Å²) in [6, 6.07) is 8.38. The van der Waals surface area contributed by atoms with Gasteiger partial charge in [-0.2, -0.15) is 18.3 Å². The van der Waals surface area contributed by atoms with E-state index in [-0.39, 0.29) is 5.71 Å². The van der Waals surface area contributed by atoms with Crippen LogP contribution in [0.2, 0.25) is 0 Å². The number of halogens is 3. The molecule has 1 N–H and O–H groups in total. The Kier molecular flexibility index (Phi) is 3.97. The second kappa shape index (κ2) is 5.55. The van der Waals surface area contributed by atoms with Crippen molar-refractivity contribution < 1.29 is 22.8 Å². The molecule has 2 rings (SSSR count). The van der Waals surface area contributed by atoms with E-state index in [4.69, 9.17) is 0 Å². The Bertz CT molecular complexity index is 584. The fraction of sp³-hybridized carbons (Fsp3) is 0.308. The molecule has 21 heavy (non-hydrogen) atoms. The maximum Gasteiger partial charge on any atom is 0.405 e. The first-order valence-electron chi connectivity index (χ1n) is 6.05. The second-order valence-corrected chi connectivity index (χ2v) is 4.48. The van der Waals surface area contributed by atoms with Crippen LogP contribution >= 0.6 is 0 Å². The smallest absolute Gasteiger partial charge is 0.346 e. The number of hydrogen-bond acceptors (Lipinski definition) is 3. The molecule has 1 unspecified atom stereocenters. The third-order valence-corrected chi connectivity index (χ3v) is 2.89. The molecular formula is C13H12F3N3O2. The molecule has 1 atom stereocenters. The fourth-order valence-electron chi connectivity index (χ4n) is 1.93. The molecule has 5 nitrogen and oxygen atoms in total. The monoisotopic (exact) mass is 299 g/mol. The lowest BCUT2D eigenvalue weighted by atomic mass is 9.96. The highest BCUT2D eigenvalue weighted by molar-refractivity contribution is 6.27. The van der Waals surface area contributed by atoms with Crippen LogP contribution in [-0.2, 0) is 9.59 Å². The first-order chi connectivity index (χ1) is 9.79. The number of amides is 2. The van der Waals surface area contributed by atoms with Crippen molar-refractivity contribution in [2.45, 2.75) is 6.18 Å². The van der Waals surface area contributed by atoms with Crippen LogP contribution in [0.15, 0.2) is 35.4 Å². The summed E-state index contributed by atoms with van der Waals surface area (Å²) >= 11 is 0. The van der Waals surface area contributed by atoms with E-state index in [0.717, 1.165) is 5.01 Å². The van der Waals surface area contributed by atoms with E-state index in [9.17, 15) is 22.8 Å². The van der Waals surface area contributed by atoms with E-state index in [1.165, 1.54) is 7.05 Å². The molecule has 0 spiro atoms. The Morgan fingerprint density at radius 2 is 1.95 bits per heavy atom. The number of nitrogens with one attached hydrogen (secondary N) is 1. The van der Waals surface area contributed by atoms with Crippen molar-refractivity contribution >= 4 is 17.5 Å². The van der Waals surface area contributed by atoms with Crippen LogP contribution in [-0.4, -0.2) is 42.3 Å². The summed E-state index contributed by atoms with van der Waals surface area (Å²) in [4.78, 5) is 23.8. The van der Waals surface area contributed by atoms with E-state index in [0.29, 0.717) is 5.56 Å². The van der Waals surface area contributed by atoms with E-state index < -0.39 is 30.5 Å². The zero-order valence-corrected chi connectivity index (χ0v) is 11.0. The standard InChI is InChI=1S/C13H12F3N3O2/c1-19-12(21)9(11(20)17-7-13(14,15)16)10(18-19)8-5-3-2-4-6-8/h2-6,9H,7H2,1H3,(H,17,20). The van der Waals surface area contributed by atoms with Crippen molar-refractivity contribution in [1.29, 1.82) is 0 Å². The summed E-state index contributed by atoms with van der Waals surface area (Å²) < 4.78 is 36.5. The van der Waals surface area contributed by atoms with E-state index in [2.05, 4.69) is 5.10 Å². The van der Waals surface area contributed by atoms with Crippen LogP contribution < -0.4 is 5.32 Å². The van der Waals surface area contributed by atoms with Gasteiger partial charge in [-0.1, -0.05) is 30.3 Å². The normalized spacial score (nSPS) is 18.7. The average Bonchev–Trinajstić information content (AvgIpc) is 2.73. The molecule has 0 saturated heterocycles. The maximum atomic E-state index is 12.2. The van der Waals surface area contributed by atoms with Gasteiger partial charge in [0, 0.05) is 7.05 Å². The van der Waals surface area contributed by atoms with Crippen LogP contribution in [0, 0.1) is 5.92 Å². The maximum absolute atomic E-state index is 12.2. The number of hydrogen-bond donors (Lipinski definition) is 1. The SMILES string of the molecule is CN1N=C(c2ccccc2)C(C(=O)NCC(F)(F)F)C1=O. The molecule has 0 aliphatic carbocycles. The number of carbonyl (C=O) groups is 2. The molecular weight excluding hydrogens is 287 g/mol. The third-order valence-electron chi connectivity index (χ3n) is 2.89. The molecule has 0 bridgehead atoms. The number of carbonyl (C=O) groups excluding carboxylic acids is 2. The van der Waals surface area contributed by atoms with Crippen molar-refractivity contribution in [3.05, 3.63) is 35.9 Å². The number of alkyl halides is 3. The Morgan fingerprint density at radius 3 is 2.52 bits per heavy atom. The molecule has 0 fully saturated rings. The van der Waals surface area contributed by atoms with Crippen molar-refractivity contribution in [1.82, 2.24) is 10.3 Å². The van der Waals surface area contributed by atoms with E-state index >= 15 is 0 Å². The molecule has 1 aliphatic rings. The van der Waals surface area contributed by atoms with Crippen LogP contribution in [0.4, 0.5) is 13.2 Å². The number of benzene rings is 1. The van der Waals surface area contributed by atoms with Crippen molar-refractivity contribution in [2.24, 2.45) is 11.0 Å². The average molecular weight is 299 g/mol. The summed E-state index contributed by atoms with van der Waals surface area (Å²) in [5.41, 5.74) is 0.658. The van der Waals surface area contributed by atoms with Gasteiger partial charge in [-0.05, 0) is 5.56 Å². The third kappa shape index (κ3) is 3.39. The Labute approximate surface area is 118 Å². The lowest BCUT2D eigenvalue weighted by Crippen LogP contribution is -2.43. The predicted molar refractivity (Wildman–Crippen MR) is 68.3 cm³/mol. The zero-order chi connectivity index (χ0) is 15.6. The lowest BCUT2D eigenvalue weighted by molar-refractivity contribution is -0.144. The van der Waals surface area contributed by atoms with Gasteiger partial charge < -0.3 is 5.32 Å². The van der Waals surface area contributed by atoms with Gasteiger partial charge in [0.05, 0.1) is 5.71 Å². The molecule has 2 amide bonds. The highest BCUT2D eigenvalue weighted by Crippen LogP contribution is 2.21. The van der Waals surface area contributed by atoms with Gasteiger partial charge in [0.15, 0.2) is 5.92 Å². The Hall–Kier alpha value is -2.38. The summed E-state index contributed by atoms with van der Waals surface area (Å²) in [5, 5.41) is 6.63. The van der Waals surface area contributed by atoms with Gasteiger partial charge in [-0.3, -0.25) is 9.59 Å². The molecule has 0 radical (unpaired) electrons. The number of nitrogens with zero attached hydrogens (tertiary/aromatic N) is 2. The van der Waals surface area contributed by atoms with Crippen LogP contribution in [0.3, 0.4) is 0 Å². The summed E-state index contributed by atoms with van der Waals surface area (Å²) in [5.74, 6) is -3.03. The van der Waals surface area contributed by atoms with Crippen LogP contribution in [0.5, 0.6) is 0 Å². The highest BCUT2D eigenvalue weighted by Gasteiger charge is 2.41. The number of hydrazone groups is 1. The van der Waals surface area contributed by atoms with Gasteiger partial charge >= 0.3 is 6.18 Å². The van der Waals surface area contributed by atoms with Gasteiger partial charge in [0.1, 0.15) is 6.54 Å². The van der Waals surface area contributed by atoms with Crippen LogP contribution in [0.25, 0.3) is 0 Å². The minimum absolute atomic E-state index is 0.141. The molecule has 0 saturated carbocycles. The summed E-state index contributed by atoms with van der Waals surface area (Å²) in [7, 11) is 1.35. The highest BCUT2D eigenvalue weighted by atomic mass is 19.4. The first kappa shape index (κ1) is 15.0. The topological polar surface area (TPSA) is 61.8 Å². The summed E-state index contributed by atoms with van der Waals surface area (Å²) in [6.07, 6.45) is -4.53. The van der Waals surface area contributed by atoms with Gasteiger partial charge in [-0.25, -0.2) is 5.01 Å². The quantitative estimate of drug-likeness (QED) is 0.851. The molecule has 0 aromatic heterocycles. The zero-order valence-electron chi connectivity index (χ0n) is 11.0. The van der Waals surface area contributed by atoms with Crippen LogP contribution in [0.1, 0.15) is 5.56 Å². The minimum atomic E-state index is -4.53. The second-order valence-electron chi connectivity index (χ2n) is 4.48. The first-order valence-corrected chi connectivity index (χ1v) is 6.05. The molecule has 1 aliphatic heterocycles. The van der Waals surface area contributed by atoms with E-state index in [1.54, 1.807) is 35.6 Å². The molecule has 8 heteroatoms. The lowest BCUT2D eigenvalue weighted by Gasteiger charge is -2.13. The number of rotatable bonds is 3. The largest absolute Gasteiger partial charge is 0.405 e. The van der Waals surface area contributed by atoms with E-state index in [1.807, 2.05) is 0 Å². The Balaban J connectivity index is 2.22. The van der Waals surface area contributed by atoms with Crippen molar-refractivity contribution in [3.8, 4) is 0 Å².